The number of rotatable bonds is 20. The van der Waals surface area contributed by atoms with Gasteiger partial charge < -0.3 is 50.0 Å². The van der Waals surface area contributed by atoms with Crippen molar-refractivity contribution in [1.82, 2.24) is 44.9 Å². The van der Waals surface area contributed by atoms with Crippen LogP contribution in [0.4, 0.5) is 0 Å². The zero-order valence-electron chi connectivity index (χ0n) is 61.3. The summed E-state index contributed by atoms with van der Waals surface area (Å²) in [6.45, 7) is 32.3. The Labute approximate surface area is 553 Å². The summed E-state index contributed by atoms with van der Waals surface area (Å²) in [5, 5.41) is 18.0. The van der Waals surface area contributed by atoms with Crippen LogP contribution in [-0.4, -0.2) is 220 Å². The summed E-state index contributed by atoms with van der Waals surface area (Å²) >= 11 is 0. The van der Waals surface area contributed by atoms with Crippen molar-refractivity contribution in [2.75, 3.05) is 55.9 Å². The van der Waals surface area contributed by atoms with E-state index in [9.17, 15) is 43.5 Å². The molecule has 13 atom stereocenters. The first kappa shape index (κ1) is 84.2. The van der Waals surface area contributed by atoms with Crippen molar-refractivity contribution in [3.05, 3.63) is 0 Å². The van der Waals surface area contributed by atoms with Gasteiger partial charge in [-0.3, -0.25) is 57.5 Å². The number of nitrogens with zero attached hydrogens (tertiary/aromatic N) is 7. The van der Waals surface area contributed by atoms with Gasteiger partial charge in [-0.2, -0.15) is 0 Å². The molecule has 92 heavy (non-hydrogen) atoms. The van der Waals surface area contributed by atoms with Gasteiger partial charge in [0.15, 0.2) is 17.3 Å². The van der Waals surface area contributed by atoms with Crippen molar-refractivity contribution in [2.24, 2.45) is 59.2 Å². The molecule has 0 saturated carbocycles. The summed E-state index contributed by atoms with van der Waals surface area (Å²) in [6.07, 6.45) is 1.89. The third-order valence-corrected chi connectivity index (χ3v) is 18.8. The lowest BCUT2D eigenvalue weighted by atomic mass is 9.84. The molecular weight excluding hydrogens is 1170 g/mol. The second-order valence-electron chi connectivity index (χ2n) is 29.3. The second kappa shape index (κ2) is 39.2. The molecule has 0 spiro atoms. The molecule has 3 N–H and O–H groups in total. The van der Waals surface area contributed by atoms with Crippen LogP contribution in [0.15, 0.2) is 0 Å². The molecule has 1 rings (SSSR count). The average molecular weight is 1300 g/mol. The largest absolute Gasteiger partial charge is 0.390 e. The fourth-order valence-electron chi connectivity index (χ4n) is 12.6. The Bertz CT molecular complexity index is 2480. The van der Waals surface area contributed by atoms with Crippen LogP contribution < -0.4 is 10.6 Å². The quantitative estimate of drug-likeness (QED) is 0.103. The van der Waals surface area contributed by atoms with Crippen LogP contribution in [-0.2, 0) is 57.5 Å². The lowest BCUT2D eigenvalue weighted by Crippen LogP contribution is -2.61. The van der Waals surface area contributed by atoms with Crippen LogP contribution in [0, 0.1) is 59.2 Å². The topological polar surface area (TPSA) is 272 Å². The van der Waals surface area contributed by atoms with Gasteiger partial charge in [0, 0.05) is 99.8 Å². The highest BCUT2D eigenvalue weighted by atomic mass is 16.3. The van der Waals surface area contributed by atoms with Crippen molar-refractivity contribution in [3.8, 4) is 0 Å². The summed E-state index contributed by atoms with van der Waals surface area (Å²) in [5.41, 5.74) is 0. The normalized spacial score (nSPS) is 26.7. The molecule has 0 aliphatic carbocycles. The number of nitrogens with one attached hydrogen (secondary N) is 2. The molecule has 0 bridgehead atoms. The average Bonchev–Trinajstić information content (AvgIpc) is 0.815. The summed E-state index contributed by atoms with van der Waals surface area (Å²) in [7, 11) is 10.3. The molecule has 22 heteroatoms. The molecule has 1 fully saturated rings. The Morgan fingerprint density at radius 1 is 0.478 bits per heavy atom. The summed E-state index contributed by atoms with van der Waals surface area (Å²) < 4.78 is 0. The highest BCUT2D eigenvalue weighted by Gasteiger charge is 2.46. The van der Waals surface area contributed by atoms with E-state index in [1.165, 1.54) is 104 Å². The minimum atomic E-state index is -1.51. The Morgan fingerprint density at radius 2 is 0.902 bits per heavy atom. The van der Waals surface area contributed by atoms with Gasteiger partial charge in [0.05, 0.1) is 18.2 Å². The number of aliphatic hydroxyl groups excluding tert-OH is 1. The van der Waals surface area contributed by atoms with E-state index in [0.717, 1.165) is 19.3 Å². The highest BCUT2D eigenvalue weighted by Crippen LogP contribution is 2.30. The third kappa shape index (κ3) is 24.5. The van der Waals surface area contributed by atoms with Gasteiger partial charge in [0.2, 0.25) is 53.2 Å². The van der Waals surface area contributed by atoms with E-state index in [2.05, 4.69) is 10.6 Å². The molecule has 1 heterocycles. The van der Waals surface area contributed by atoms with Gasteiger partial charge in [-0.25, -0.2) is 0 Å². The smallest absolute Gasteiger partial charge is 0.246 e. The van der Waals surface area contributed by atoms with E-state index in [-0.39, 0.29) is 74.5 Å². The van der Waals surface area contributed by atoms with Crippen molar-refractivity contribution >= 4 is 70.5 Å². The molecule has 22 nitrogen and oxygen atoms in total. The molecule has 1 saturated heterocycles. The standard InChI is InChI=1S/C70H125N9O13/c1-26-51-38-59(83)61(62(84)46(14)31-29-27-28-30-32-71-50(18)80)79(25)70(92)60(45(12)13)78(24)69(91)56(36-43(8)9)77(23)68(90)55(35-42(6)7)76(22)64(86)48(16)72-63(85)47(15)37-57(81)53(33-40(2)3)75(21)67(89)52(44(10)11)39-58(82)54(34-41(4)5)74(20)65(87)49(17)73(19)66(51)88/h40-49,51-56,60-62,84H,26-39H2,1-25H3,(H,71,80)(H,72,85)/t46-,47-,48-,49?,51-,52?,53+,54+,55+,56+,60+,61?,62-/m1/s1. The number of likely N-dealkylation sites (N-methyl/N-ethyl adjacent to an activating group) is 7. The number of carbonyl (C=O) groups is 12. The Kier molecular flexibility index (Phi) is 35.8. The molecule has 528 valence electrons. The molecule has 0 aromatic carbocycles. The van der Waals surface area contributed by atoms with Crippen LogP contribution in [0.1, 0.15) is 208 Å². The van der Waals surface area contributed by atoms with Crippen molar-refractivity contribution < 1.29 is 62.6 Å². The minimum Gasteiger partial charge on any atom is -0.390 e. The van der Waals surface area contributed by atoms with Crippen LogP contribution in [0.5, 0.6) is 0 Å². The van der Waals surface area contributed by atoms with Gasteiger partial charge in [-0.15, -0.1) is 0 Å². The molecule has 0 aromatic heterocycles. The van der Waals surface area contributed by atoms with Crippen LogP contribution in [0.25, 0.3) is 0 Å². The fraction of sp³-hybridized carbons (Fsp3) is 0.829. The number of amides is 9. The van der Waals surface area contributed by atoms with Crippen molar-refractivity contribution in [3.63, 3.8) is 0 Å². The number of ketones is 3. The van der Waals surface area contributed by atoms with Gasteiger partial charge in [0.1, 0.15) is 36.3 Å². The maximum atomic E-state index is 15.4. The molecule has 3 unspecified atom stereocenters. The molecule has 0 aromatic rings. The number of hydrogen-bond acceptors (Lipinski definition) is 13. The SMILES string of the molecule is CC[C@@H]1CC(=O)C([C@H](O)[C@H](C)CCCCCCNC(C)=O)N(C)C(=O)[C@H](C(C)C)N(C)C(=O)[C@H](CC(C)C)N(C)C(=O)[C@H](CC(C)C)N(C)C(=O)[C@@H](C)NC(=O)[C@H](C)CC(=O)[C@H](CC(C)C)N(C)C(=O)C(C(C)C)CC(=O)[C@H](CC(C)C)N(C)C(=O)C(C)N(C)C1=O. The summed E-state index contributed by atoms with van der Waals surface area (Å²) in [4.78, 5) is 183. The van der Waals surface area contributed by atoms with E-state index in [4.69, 9.17) is 0 Å². The summed E-state index contributed by atoms with van der Waals surface area (Å²) in [6, 6.07) is -9.38. The van der Waals surface area contributed by atoms with E-state index in [1.807, 2.05) is 55.4 Å². The first-order valence-electron chi connectivity index (χ1n) is 34.2. The minimum absolute atomic E-state index is 0.0748. The number of unbranched alkanes of at least 4 members (excludes halogenated alkanes) is 3. The molecule has 9 amide bonds. The first-order chi connectivity index (χ1) is 42.5. The van der Waals surface area contributed by atoms with Gasteiger partial charge in [-0.05, 0) is 100 Å². The predicted molar refractivity (Wildman–Crippen MR) is 359 cm³/mol. The second-order valence-corrected chi connectivity index (χ2v) is 29.3. The molecular formula is C70H125N9O13. The predicted octanol–water partition coefficient (Wildman–Crippen LogP) is 7.05. The van der Waals surface area contributed by atoms with Gasteiger partial charge in [0.25, 0.3) is 0 Å². The van der Waals surface area contributed by atoms with Crippen molar-refractivity contribution in [2.45, 2.75) is 263 Å². The maximum Gasteiger partial charge on any atom is 0.246 e. The first-order valence-corrected chi connectivity index (χ1v) is 34.2. The molecule has 0 radical (unpaired) electrons. The monoisotopic (exact) mass is 1300 g/mol. The van der Waals surface area contributed by atoms with E-state index in [0.29, 0.717) is 19.4 Å². The van der Waals surface area contributed by atoms with Gasteiger partial charge >= 0.3 is 0 Å². The zero-order valence-corrected chi connectivity index (χ0v) is 61.3. The number of Topliss-reactive ketones (excluding diaryl/α,β-unsaturated/α-hetero) is 3. The van der Waals surface area contributed by atoms with Gasteiger partial charge in [-0.1, -0.05) is 123 Å². The molecule has 1 aliphatic rings. The fourth-order valence-corrected chi connectivity index (χ4v) is 12.6. The lowest BCUT2D eigenvalue weighted by molar-refractivity contribution is -0.157. The van der Waals surface area contributed by atoms with Crippen molar-refractivity contribution in [1.29, 1.82) is 0 Å². The number of hydrogen-bond donors (Lipinski definition) is 3. The Balaban J connectivity index is 4.36. The van der Waals surface area contributed by atoms with Crippen LogP contribution >= 0.6 is 0 Å². The Hall–Kier alpha value is -5.80. The van der Waals surface area contributed by atoms with Crippen LogP contribution in [0.3, 0.4) is 0 Å². The maximum absolute atomic E-state index is 15.4. The van der Waals surface area contributed by atoms with E-state index < -0.39 is 161 Å². The summed E-state index contributed by atoms with van der Waals surface area (Å²) in [5.74, 6) is -11.1. The molecule has 1 aliphatic heterocycles. The van der Waals surface area contributed by atoms with E-state index in [1.54, 1.807) is 48.5 Å². The zero-order chi connectivity index (χ0) is 71.3. The highest BCUT2D eigenvalue weighted by molar-refractivity contribution is 6.00. The number of aliphatic hydroxyl groups is 1. The van der Waals surface area contributed by atoms with E-state index >= 15 is 19.2 Å². The Morgan fingerprint density at radius 3 is 1.36 bits per heavy atom. The van der Waals surface area contributed by atoms with Crippen LogP contribution in [0.2, 0.25) is 0 Å². The lowest BCUT2D eigenvalue weighted by Gasteiger charge is -2.41. The number of carbonyl (C=O) groups excluding carboxylic acids is 12. The third-order valence-electron chi connectivity index (χ3n) is 18.8.